The van der Waals surface area contributed by atoms with Gasteiger partial charge in [0.1, 0.15) is 10.6 Å². The molecule has 0 aromatic heterocycles. The number of nitrogens with one attached hydrogen (secondary N) is 1. The van der Waals surface area contributed by atoms with E-state index < -0.39 is 10.0 Å². The van der Waals surface area contributed by atoms with Crippen LogP contribution in [-0.2, 0) is 26.2 Å². The van der Waals surface area contributed by atoms with Crippen LogP contribution in [0.4, 0.5) is 5.69 Å². The van der Waals surface area contributed by atoms with Crippen LogP contribution in [0.15, 0.2) is 41.3 Å². The zero-order valence-corrected chi connectivity index (χ0v) is 18.9. The highest BCUT2D eigenvalue weighted by Gasteiger charge is 2.47. The van der Waals surface area contributed by atoms with E-state index in [0.717, 1.165) is 25.7 Å². The first-order valence-electron chi connectivity index (χ1n) is 10.8. The molecular weight excluding hydrogens is 448 g/mol. The molecule has 2 fully saturated rings. The molecule has 174 valence electrons. The summed E-state index contributed by atoms with van der Waals surface area (Å²) in [6.07, 6.45) is 3.36. The van der Waals surface area contributed by atoms with E-state index in [1.807, 2.05) is 0 Å². The molecule has 2 amide bonds. The zero-order chi connectivity index (χ0) is 23.2. The maximum Gasteiger partial charge on any atom is 0.265 e. The molecule has 0 unspecified atom stereocenters. The third kappa shape index (κ3) is 3.88. The van der Waals surface area contributed by atoms with Crippen LogP contribution in [-0.4, -0.2) is 39.0 Å². The second-order valence-electron chi connectivity index (χ2n) is 8.42. The lowest BCUT2D eigenvalue weighted by Crippen LogP contribution is -2.30. The lowest BCUT2D eigenvalue weighted by Gasteiger charge is -2.19. The molecule has 1 saturated carbocycles. The maximum atomic E-state index is 13.2. The number of rotatable bonds is 6. The lowest BCUT2D eigenvalue weighted by atomic mass is 9.81. The standard InChI is InChI=1S/C23H24N2O7S/c1-30-19-8-6-14(12-25-22(26)16-4-2-3-5-17(16)23(25)27)10-21(19)33(28,29)24-15-7-9-18-20(11-15)32-13-31-18/h6-11,16-17,24H,2-5,12-13H2,1H3/t16-,17-/m1/s1. The molecule has 2 aromatic rings. The highest BCUT2D eigenvalue weighted by atomic mass is 32.2. The predicted molar refractivity (Wildman–Crippen MR) is 117 cm³/mol. The maximum absolute atomic E-state index is 13.2. The second-order valence-corrected chi connectivity index (χ2v) is 10.1. The van der Waals surface area contributed by atoms with Gasteiger partial charge in [0.05, 0.1) is 31.2 Å². The Morgan fingerprint density at radius 2 is 1.70 bits per heavy atom. The van der Waals surface area contributed by atoms with Crippen molar-refractivity contribution < 1.29 is 32.2 Å². The van der Waals surface area contributed by atoms with Crippen LogP contribution < -0.4 is 18.9 Å². The van der Waals surface area contributed by atoms with Gasteiger partial charge in [-0.25, -0.2) is 8.42 Å². The molecule has 2 aromatic carbocycles. The van der Waals surface area contributed by atoms with Crippen LogP contribution in [0.3, 0.4) is 0 Å². The number of benzene rings is 2. The van der Waals surface area contributed by atoms with Crippen molar-refractivity contribution in [1.82, 2.24) is 4.90 Å². The molecule has 33 heavy (non-hydrogen) atoms. The first kappa shape index (κ1) is 21.6. The van der Waals surface area contributed by atoms with Crippen LogP contribution >= 0.6 is 0 Å². The number of nitrogens with zero attached hydrogens (tertiary/aromatic N) is 1. The average molecular weight is 473 g/mol. The summed E-state index contributed by atoms with van der Waals surface area (Å²) < 4.78 is 44.8. The van der Waals surface area contributed by atoms with Crippen molar-refractivity contribution in [3.8, 4) is 17.2 Å². The van der Waals surface area contributed by atoms with Crippen molar-refractivity contribution in [1.29, 1.82) is 0 Å². The fourth-order valence-corrected chi connectivity index (χ4v) is 6.04. The normalized spacial score (nSPS) is 21.8. The summed E-state index contributed by atoms with van der Waals surface area (Å²) >= 11 is 0. The number of sulfonamides is 1. The Labute approximate surface area is 191 Å². The van der Waals surface area contributed by atoms with E-state index in [1.165, 1.54) is 24.1 Å². The molecule has 3 aliphatic rings. The summed E-state index contributed by atoms with van der Waals surface area (Å²) in [5, 5.41) is 0. The molecule has 10 heteroatoms. The van der Waals surface area contributed by atoms with E-state index in [0.29, 0.717) is 22.7 Å². The molecule has 0 bridgehead atoms. The molecule has 0 radical (unpaired) electrons. The number of carbonyl (C=O) groups excluding carboxylic acids is 2. The number of fused-ring (bicyclic) bond motifs is 2. The summed E-state index contributed by atoms with van der Waals surface area (Å²) in [6.45, 7) is 0.109. The van der Waals surface area contributed by atoms with E-state index in [2.05, 4.69) is 4.72 Å². The van der Waals surface area contributed by atoms with Gasteiger partial charge < -0.3 is 14.2 Å². The molecule has 2 heterocycles. The Hall–Kier alpha value is -3.27. The smallest absolute Gasteiger partial charge is 0.265 e. The molecule has 5 rings (SSSR count). The van der Waals surface area contributed by atoms with Gasteiger partial charge in [-0.2, -0.15) is 0 Å². The average Bonchev–Trinajstić information content (AvgIpc) is 3.37. The summed E-state index contributed by atoms with van der Waals surface area (Å²) in [6, 6.07) is 9.38. The number of carbonyl (C=O) groups is 2. The Morgan fingerprint density at radius 3 is 2.39 bits per heavy atom. The van der Waals surface area contributed by atoms with Gasteiger partial charge in [0.15, 0.2) is 11.5 Å². The zero-order valence-electron chi connectivity index (χ0n) is 18.1. The number of anilines is 1. The quantitative estimate of drug-likeness (QED) is 0.644. The van der Waals surface area contributed by atoms with Crippen molar-refractivity contribution in [3.63, 3.8) is 0 Å². The molecule has 2 aliphatic heterocycles. The molecule has 2 atom stereocenters. The highest BCUT2D eigenvalue weighted by Crippen LogP contribution is 2.39. The SMILES string of the molecule is COc1ccc(CN2C(=O)[C@@H]3CCCC[C@H]3C2=O)cc1S(=O)(=O)Nc1ccc2c(c1)OCO2. The van der Waals surface area contributed by atoms with Crippen molar-refractivity contribution in [2.75, 3.05) is 18.6 Å². The summed E-state index contributed by atoms with van der Waals surface area (Å²) in [7, 11) is -2.66. The van der Waals surface area contributed by atoms with E-state index in [4.69, 9.17) is 14.2 Å². The van der Waals surface area contributed by atoms with Crippen molar-refractivity contribution in [2.45, 2.75) is 37.1 Å². The van der Waals surface area contributed by atoms with E-state index in [1.54, 1.807) is 24.3 Å². The number of hydrogen-bond acceptors (Lipinski definition) is 7. The van der Waals surface area contributed by atoms with Gasteiger partial charge in [-0.3, -0.25) is 19.2 Å². The number of methoxy groups -OCH3 is 1. The third-order valence-electron chi connectivity index (χ3n) is 6.42. The van der Waals surface area contributed by atoms with Gasteiger partial charge in [-0.05, 0) is 42.7 Å². The highest BCUT2D eigenvalue weighted by molar-refractivity contribution is 7.92. The van der Waals surface area contributed by atoms with Crippen molar-refractivity contribution >= 4 is 27.5 Å². The van der Waals surface area contributed by atoms with E-state index >= 15 is 0 Å². The fourth-order valence-electron chi connectivity index (χ4n) is 4.77. The molecule has 1 aliphatic carbocycles. The first-order valence-corrected chi connectivity index (χ1v) is 12.3. The van der Waals surface area contributed by atoms with Gasteiger partial charge in [-0.15, -0.1) is 0 Å². The number of ether oxygens (including phenoxy) is 3. The predicted octanol–water partition coefficient (Wildman–Crippen LogP) is 2.90. The molecule has 1 saturated heterocycles. The summed E-state index contributed by atoms with van der Waals surface area (Å²) in [5.74, 6) is 0.314. The molecular formula is C23H24N2O7S. The first-order chi connectivity index (χ1) is 15.9. The van der Waals surface area contributed by atoms with Crippen molar-refractivity contribution in [3.05, 3.63) is 42.0 Å². The Morgan fingerprint density at radius 1 is 1.00 bits per heavy atom. The number of imide groups is 1. The van der Waals surface area contributed by atoms with E-state index in [-0.39, 0.29) is 47.6 Å². The van der Waals surface area contributed by atoms with Gasteiger partial charge in [0.2, 0.25) is 18.6 Å². The van der Waals surface area contributed by atoms with Gasteiger partial charge in [0.25, 0.3) is 10.0 Å². The number of amides is 2. The molecule has 1 N–H and O–H groups in total. The summed E-state index contributed by atoms with van der Waals surface area (Å²) in [4.78, 5) is 26.8. The molecule has 0 spiro atoms. The second kappa shape index (κ2) is 8.26. The van der Waals surface area contributed by atoms with Crippen LogP contribution in [0.25, 0.3) is 0 Å². The minimum atomic E-state index is -4.04. The minimum Gasteiger partial charge on any atom is -0.495 e. The number of likely N-dealkylation sites (tertiary alicyclic amines) is 1. The molecule has 9 nitrogen and oxygen atoms in total. The minimum absolute atomic E-state index is 0.0290. The Bertz CT molecular complexity index is 1200. The summed E-state index contributed by atoms with van der Waals surface area (Å²) in [5.41, 5.74) is 0.836. The van der Waals surface area contributed by atoms with Crippen LogP contribution in [0.1, 0.15) is 31.2 Å². The fraction of sp³-hybridized carbons (Fsp3) is 0.391. The van der Waals surface area contributed by atoms with Gasteiger partial charge >= 0.3 is 0 Å². The van der Waals surface area contributed by atoms with Crippen molar-refractivity contribution in [2.24, 2.45) is 11.8 Å². The lowest BCUT2D eigenvalue weighted by molar-refractivity contribution is -0.140. The Balaban J connectivity index is 1.41. The van der Waals surface area contributed by atoms with Gasteiger partial charge in [0, 0.05) is 6.07 Å². The van der Waals surface area contributed by atoms with Crippen LogP contribution in [0.2, 0.25) is 0 Å². The Kier molecular flexibility index (Phi) is 5.40. The third-order valence-corrected chi connectivity index (χ3v) is 7.82. The largest absolute Gasteiger partial charge is 0.495 e. The van der Waals surface area contributed by atoms with Crippen LogP contribution in [0.5, 0.6) is 17.2 Å². The topological polar surface area (TPSA) is 111 Å². The van der Waals surface area contributed by atoms with E-state index in [9.17, 15) is 18.0 Å². The number of hydrogen-bond donors (Lipinski definition) is 1. The van der Waals surface area contributed by atoms with Crippen LogP contribution in [0, 0.1) is 11.8 Å². The van der Waals surface area contributed by atoms with Gasteiger partial charge in [-0.1, -0.05) is 18.9 Å². The monoisotopic (exact) mass is 472 g/mol.